The molecule has 0 aliphatic heterocycles. The van der Waals surface area contributed by atoms with Crippen LogP contribution in [0.5, 0.6) is 0 Å². The van der Waals surface area contributed by atoms with Gasteiger partial charge in [-0.05, 0) is 25.8 Å². The molecule has 0 aliphatic rings. The molecule has 1 unspecified atom stereocenters. The molecular weight excluding hydrogens is 216 g/mol. The van der Waals surface area contributed by atoms with E-state index in [-0.39, 0.29) is 5.91 Å². The van der Waals surface area contributed by atoms with Gasteiger partial charge >= 0.3 is 0 Å². The first-order valence-electron chi connectivity index (χ1n) is 6.05. The predicted molar refractivity (Wildman–Crippen MR) is 68.0 cm³/mol. The lowest BCUT2D eigenvalue weighted by Gasteiger charge is -2.11. The third-order valence-corrected chi connectivity index (χ3v) is 2.41. The molecular formula is C12H20N4O. The van der Waals surface area contributed by atoms with Gasteiger partial charge in [0.1, 0.15) is 5.69 Å². The van der Waals surface area contributed by atoms with E-state index in [2.05, 4.69) is 27.5 Å². The highest BCUT2D eigenvalue weighted by atomic mass is 16.1. The SMILES string of the molecule is CCCNC(=O)c1ccnc(NC(C)CC)n1. The smallest absolute Gasteiger partial charge is 0.270 e. The number of carbonyl (C=O) groups excluding carboxylic acids is 1. The second-order valence-corrected chi connectivity index (χ2v) is 3.98. The predicted octanol–water partition coefficient (Wildman–Crippen LogP) is 1.83. The molecule has 1 aromatic heterocycles. The first-order chi connectivity index (χ1) is 8.17. The number of amides is 1. The zero-order valence-electron chi connectivity index (χ0n) is 10.7. The van der Waals surface area contributed by atoms with Crippen molar-refractivity contribution < 1.29 is 4.79 Å². The van der Waals surface area contributed by atoms with Crippen molar-refractivity contribution in [1.82, 2.24) is 15.3 Å². The van der Waals surface area contributed by atoms with Gasteiger partial charge in [0.25, 0.3) is 5.91 Å². The number of hydrogen-bond acceptors (Lipinski definition) is 4. The van der Waals surface area contributed by atoms with Crippen molar-refractivity contribution in [3.05, 3.63) is 18.0 Å². The number of carbonyl (C=O) groups is 1. The molecule has 1 rings (SSSR count). The molecule has 0 saturated carbocycles. The maximum absolute atomic E-state index is 11.7. The molecule has 0 aliphatic carbocycles. The van der Waals surface area contributed by atoms with E-state index in [4.69, 9.17) is 0 Å². The van der Waals surface area contributed by atoms with Crippen LogP contribution >= 0.6 is 0 Å². The topological polar surface area (TPSA) is 66.9 Å². The van der Waals surface area contributed by atoms with E-state index >= 15 is 0 Å². The van der Waals surface area contributed by atoms with E-state index in [0.717, 1.165) is 12.8 Å². The maximum atomic E-state index is 11.7. The maximum Gasteiger partial charge on any atom is 0.270 e. The fraction of sp³-hybridized carbons (Fsp3) is 0.583. The summed E-state index contributed by atoms with van der Waals surface area (Å²) in [5.74, 6) is 0.352. The summed E-state index contributed by atoms with van der Waals surface area (Å²) in [6.45, 7) is 6.80. The summed E-state index contributed by atoms with van der Waals surface area (Å²) in [7, 11) is 0. The standard InChI is InChI=1S/C12H20N4O/c1-4-7-13-11(17)10-6-8-14-12(16-10)15-9(3)5-2/h6,8-9H,4-5,7H2,1-3H3,(H,13,17)(H,14,15,16). The molecule has 1 heterocycles. The Labute approximate surface area is 102 Å². The summed E-state index contributed by atoms with van der Waals surface area (Å²) in [6.07, 6.45) is 3.49. The van der Waals surface area contributed by atoms with Crippen molar-refractivity contribution >= 4 is 11.9 Å². The Morgan fingerprint density at radius 3 is 2.88 bits per heavy atom. The van der Waals surface area contributed by atoms with Gasteiger partial charge in [0, 0.05) is 18.8 Å². The monoisotopic (exact) mass is 236 g/mol. The second-order valence-electron chi connectivity index (χ2n) is 3.98. The van der Waals surface area contributed by atoms with E-state index in [9.17, 15) is 4.79 Å². The molecule has 0 fully saturated rings. The normalized spacial score (nSPS) is 11.9. The van der Waals surface area contributed by atoms with Crippen LogP contribution in [0.15, 0.2) is 12.3 Å². The van der Waals surface area contributed by atoms with E-state index in [1.807, 2.05) is 13.8 Å². The average molecular weight is 236 g/mol. The van der Waals surface area contributed by atoms with Gasteiger partial charge in [-0.3, -0.25) is 4.79 Å². The van der Waals surface area contributed by atoms with Crippen LogP contribution in [0.1, 0.15) is 44.1 Å². The first-order valence-corrected chi connectivity index (χ1v) is 6.05. The van der Waals surface area contributed by atoms with Crippen LogP contribution in [0.25, 0.3) is 0 Å². The lowest BCUT2D eigenvalue weighted by molar-refractivity contribution is 0.0948. The Morgan fingerprint density at radius 1 is 1.47 bits per heavy atom. The molecule has 0 radical (unpaired) electrons. The van der Waals surface area contributed by atoms with E-state index in [0.29, 0.717) is 24.2 Å². The summed E-state index contributed by atoms with van der Waals surface area (Å²) in [4.78, 5) is 19.9. The summed E-state index contributed by atoms with van der Waals surface area (Å²) in [6, 6.07) is 1.91. The molecule has 5 heteroatoms. The van der Waals surface area contributed by atoms with Gasteiger partial charge in [0.2, 0.25) is 5.95 Å². The highest BCUT2D eigenvalue weighted by Gasteiger charge is 2.08. The Kier molecular flexibility index (Phi) is 5.39. The zero-order valence-corrected chi connectivity index (χ0v) is 10.7. The number of rotatable bonds is 6. The fourth-order valence-corrected chi connectivity index (χ4v) is 1.21. The van der Waals surface area contributed by atoms with Crippen LogP contribution in [-0.4, -0.2) is 28.5 Å². The molecule has 17 heavy (non-hydrogen) atoms. The Hall–Kier alpha value is -1.65. The molecule has 2 N–H and O–H groups in total. The first kappa shape index (κ1) is 13.4. The Balaban J connectivity index is 2.68. The van der Waals surface area contributed by atoms with Crippen molar-refractivity contribution in [2.24, 2.45) is 0 Å². The van der Waals surface area contributed by atoms with Crippen molar-refractivity contribution in [2.75, 3.05) is 11.9 Å². The van der Waals surface area contributed by atoms with Crippen LogP contribution in [0.2, 0.25) is 0 Å². The molecule has 0 saturated heterocycles. The highest BCUT2D eigenvalue weighted by Crippen LogP contribution is 2.04. The van der Waals surface area contributed by atoms with E-state index < -0.39 is 0 Å². The summed E-state index contributed by atoms with van der Waals surface area (Å²) in [5.41, 5.74) is 0.402. The lowest BCUT2D eigenvalue weighted by Crippen LogP contribution is -2.25. The third-order valence-electron chi connectivity index (χ3n) is 2.41. The number of anilines is 1. The van der Waals surface area contributed by atoms with Gasteiger partial charge in [-0.1, -0.05) is 13.8 Å². The Bertz CT molecular complexity index is 367. The van der Waals surface area contributed by atoms with Crippen LogP contribution in [0.3, 0.4) is 0 Å². The van der Waals surface area contributed by atoms with Crippen molar-refractivity contribution in [2.45, 2.75) is 39.7 Å². The molecule has 0 spiro atoms. The van der Waals surface area contributed by atoms with Crippen molar-refractivity contribution in [3.8, 4) is 0 Å². The van der Waals surface area contributed by atoms with E-state index in [1.54, 1.807) is 12.3 Å². The average Bonchev–Trinajstić information content (AvgIpc) is 2.36. The van der Waals surface area contributed by atoms with Gasteiger partial charge in [-0.25, -0.2) is 9.97 Å². The summed E-state index contributed by atoms with van der Waals surface area (Å²) < 4.78 is 0. The van der Waals surface area contributed by atoms with Gasteiger partial charge in [0.15, 0.2) is 0 Å². The molecule has 94 valence electrons. The molecule has 1 amide bonds. The largest absolute Gasteiger partial charge is 0.352 e. The minimum Gasteiger partial charge on any atom is -0.352 e. The highest BCUT2D eigenvalue weighted by molar-refractivity contribution is 5.92. The van der Waals surface area contributed by atoms with Crippen LogP contribution < -0.4 is 10.6 Å². The third kappa shape index (κ3) is 4.38. The van der Waals surface area contributed by atoms with Crippen LogP contribution in [-0.2, 0) is 0 Å². The Morgan fingerprint density at radius 2 is 2.24 bits per heavy atom. The molecule has 0 aromatic carbocycles. The van der Waals surface area contributed by atoms with Crippen molar-refractivity contribution in [1.29, 1.82) is 0 Å². The van der Waals surface area contributed by atoms with Crippen LogP contribution in [0, 0.1) is 0 Å². The quantitative estimate of drug-likeness (QED) is 0.790. The summed E-state index contributed by atoms with van der Waals surface area (Å²) >= 11 is 0. The van der Waals surface area contributed by atoms with Gasteiger partial charge in [-0.15, -0.1) is 0 Å². The van der Waals surface area contributed by atoms with E-state index in [1.165, 1.54) is 0 Å². The summed E-state index contributed by atoms with van der Waals surface area (Å²) in [5, 5.41) is 5.93. The van der Waals surface area contributed by atoms with Gasteiger partial charge in [0.05, 0.1) is 0 Å². The number of nitrogens with one attached hydrogen (secondary N) is 2. The molecule has 1 aromatic rings. The number of nitrogens with zero attached hydrogens (tertiary/aromatic N) is 2. The molecule has 0 bridgehead atoms. The molecule has 1 atom stereocenters. The fourth-order valence-electron chi connectivity index (χ4n) is 1.21. The van der Waals surface area contributed by atoms with Gasteiger partial charge in [-0.2, -0.15) is 0 Å². The lowest BCUT2D eigenvalue weighted by atomic mass is 10.3. The van der Waals surface area contributed by atoms with Crippen LogP contribution in [0.4, 0.5) is 5.95 Å². The van der Waals surface area contributed by atoms with Gasteiger partial charge < -0.3 is 10.6 Å². The minimum atomic E-state index is -0.151. The molecule has 5 nitrogen and oxygen atoms in total. The number of aromatic nitrogens is 2. The second kappa shape index (κ2) is 6.83. The zero-order chi connectivity index (χ0) is 12.7. The minimum absolute atomic E-state index is 0.151. The number of hydrogen-bond donors (Lipinski definition) is 2. The van der Waals surface area contributed by atoms with Crippen molar-refractivity contribution in [3.63, 3.8) is 0 Å².